The van der Waals surface area contributed by atoms with E-state index in [1.165, 1.54) is 18.7 Å². The van der Waals surface area contributed by atoms with Crippen molar-refractivity contribution < 1.29 is 18.4 Å². The van der Waals surface area contributed by atoms with Crippen molar-refractivity contribution in [2.45, 2.75) is 16.7 Å². The highest BCUT2D eigenvalue weighted by Crippen LogP contribution is 2.36. The average molecular weight is 361 g/mol. The molecule has 0 spiro atoms. The second-order valence-corrected chi connectivity index (χ2v) is 8.75. The molecule has 2 N–H and O–H groups in total. The van der Waals surface area contributed by atoms with Crippen LogP contribution in [0.5, 0.6) is 0 Å². The van der Waals surface area contributed by atoms with Gasteiger partial charge in [0.05, 0.1) is 10.5 Å². The van der Waals surface area contributed by atoms with Crippen LogP contribution in [0.1, 0.15) is 6.92 Å². The highest BCUT2D eigenvalue weighted by molar-refractivity contribution is 7.98. The van der Waals surface area contributed by atoms with Crippen molar-refractivity contribution in [1.82, 2.24) is 4.72 Å². The summed E-state index contributed by atoms with van der Waals surface area (Å²) in [5.74, 6) is 0.348. The molecular weight excluding hydrogens is 348 g/mol. The van der Waals surface area contributed by atoms with Crippen molar-refractivity contribution in [2.75, 3.05) is 18.6 Å². The molecule has 0 saturated heterocycles. The van der Waals surface area contributed by atoms with Crippen molar-refractivity contribution in [1.29, 1.82) is 0 Å². The fraction of sp³-hybridized carbons (Fsp3) is 0.556. The Morgan fingerprint density at radius 2 is 2.25 bits per heavy atom. The van der Waals surface area contributed by atoms with E-state index in [0.717, 1.165) is 6.07 Å². The minimum atomic E-state index is -3.94. The minimum absolute atomic E-state index is 0.195. The van der Waals surface area contributed by atoms with Gasteiger partial charge in [0, 0.05) is 18.4 Å². The molecule has 0 aromatic carbocycles. The van der Waals surface area contributed by atoms with Gasteiger partial charge in [-0.3, -0.25) is 10.1 Å². The molecule has 1 rings (SSSR count). The molecule has 0 saturated carbocycles. The Balaban J connectivity index is 2.90. The molecule has 11 heteroatoms. The number of hydrogen-bond donors (Lipinski definition) is 2. The number of hydrogen-bond acceptors (Lipinski definition) is 7. The maximum atomic E-state index is 12.0. The van der Waals surface area contributed by atoms with Gasteiger partial charge < -0.3 is 5.11 Å². The van der Waals surface area contributed by atoms with E-state index in [4.69, 9.17) is 11.6 Å². The van der Waals surface area contributed by atoms with Crippen LogP contribution in [0.3, 0.4) is 0 Å². The number of halogens is 1. The van der Waals surface area contributed by atoms with Gasteiger partial charge in [-0.1, -0.05) is 11.6 Å². The maximum Gasteiger partial charge on any atom is 0.300 e. The predicted molar refractivity (Wildman–Crippen MR) is 80.2 cm³/mol. The summed E-state index contributed by atoms with van der Waals surface area (Å²) in [7, 11) is -3.94. The molecule has 1 unspecified atom stereocenters. The molecule has 0 radical (unpaired) electrons. The molecule has 1 aromatic rings. The Hall–Kier alpha value is -0.390. The molecule has 1 aromatic heterocycles. The fourth-order valence-corrected chi connectivity index (χ4v) is 4.87. The van der Waals surface area contributed by atoms with Crippen LogP contribution in [0.25, 0.3) is 0 Å². The van der Waals surface area contributed by atoms with Gasteiger partial charge in [0.1, 0.15) is 4.21 Å². The zero-order valence-electron chi connectivity index (χ0n) is 10.6. The lowest BCUT2D eigenvalue weighted by molar-refractivity contribution is -0.384. The highest BCUT2D eigenvalue weighted by atomic mass is 35.5. The molecule has 114 valence electrons. The Bertz CT molecular complexity index is 599. The normalized spacial score (nSPS) is 15.0. The SMILES string of the molecule is CSCC(C)(O)CNS(=O)(=O)c1cc([N+](=O)[O-])c(Cl)s1. The number of nitrogens with one attached hydrogen (secondary N) is 1. The van der Waals surface area contributed by atoms with Gasteiger partial charge in [0.25, 0.3) is 5.69 Å². The van der Waals surface area contributed by atoms with Crippen LogP contribution in [0.4, 0.5) is 5.69 Å². The van der Waals surface area contributed by atoms with E-state index in [0.29, 0.717) is 17.1 Å². The van der Waals surface area contributed by atoms with Crippen LogP contribution in [0.15, 0.2) is 10.3 Å². The van der Waals surface area contributed by atoms with E-state index in [9.17, 15) is 23.6 Å². The largest absolute Gasteiger partial charge is 0.388 e. The first-order chi connectivity index (χ1) is 9.09. The summed E-state index contributed by atoms with van der Waals surface area (Å²) in [6.45, 7) is 1.30. The third-order valence-corrected chi connectivity index (χ3v) is 6.33. The van der Waals surface area contributed by atoms with Crippen LogP contribution < -0.4 is 4.72 Å². The molecule has 0 aliphatic rings. The minimum Gasteiger partial charge on any atom is -0.388 e. The first-order valence-electron chi connectivity index (χ1n) is 5.24. The number of sulfonamides is 1. The number of nitro groups is 1. The van der Waals surface area contributed by atoms with Crippen molar-refractivity contribution in [3.8, 4) is 0 Å². The van der Waals surface area contributed by atoms with Gasteiger partial charge in [0.15, 0.2) is 4.34 Å². The third kappa shape index (κ3) is 4.57. The Labute approximate surface area is 129 Å². The van der Waals surface area contributed by atoms with Gasteiger partial charge in [-0.15, -0.1) is 11.3 Å². The maximum absolute atomic E-state index is 12.0. The fourth-order valence-electron chi connectivity index (χ4n) is 1.28. The molecule has 1 heterocycles. The number of rotatable bonds is 7. The van der Waals surface area contributed by atoms with Gasteiger partial charge in [-0.2, -0.15) is 11.8 Å². The van der Waals surface area contributed by atoms with Crippen molar-refractivity contribution in [3.05, 3.63) is 20.5 Å². The van der Waals surface area contributed by atoms with Gasteiger partial charge >= 0.3 is 0 Å². The molecule has 0 aliphatic heterocycles. The van der Waals surface area contributed by atoms with E-state index >= 15 is 0 Å². The van der Waals surface area contributed by atoms with E-state index in [2.05, 4.69) is 4.72 Å². The van der Waals surface area contributed by atoms with Crippen LogP contribution in [0, 0.1) is 10.1 Å². The molecule has 1 atom stereocenters. The molecule has 0 fully saturated rings. The van der Waals surface area contributed by atoms with Crippen LogP contribution >= 0.6 is 34.7 Å². The topological polar surface area (TPSA) is 110 Å². The number of thiophene rings is 1. The average Bonchev–Trinajstić information content (AvgIpc) is 2.70. The summed E-state index contributed by atoms with van der Waals surface area (Å²) in [4.78, 5) is 9.89. The predicted octanol–water partition coefficient (Wildman–Crippen LogP) is 1.70. The Morgan fingerprint density at radius 1 is 1.65 bits per heavy atom. The van der Waals surface area contributed by atoms with E-state index in [-0.39, 0.29) is 15.1 Å². The van der Waals surface area contributed by atoms with Crippen LogP contribution in [-0.4, -0.2) is 42.6 Å². The summed E-state index contributed by atoms with van der Waals surface area (Å²) in [5.41, 5.74) is -1.66. The Morgan fingerprint density at radius 3 is 2.70 bits per heavy atom. The highest BCUT2D eigenvalue weighted by Gasteiger charge is 2.28. The van der Waals surface area contributed by atoms with Crippen molar-refractivity contribution >= 4 is 50.4 Å². The van der Waals surface area contributed by atoms with E-state index in [1.807, 2.05) is 0 Å². The zero-order chi connectivity index (χ0) is 15.6. The Kier molecular flexibility index (Phi) is 5.81. The van der Waals surface area contributed by atoms with Gasteiger partial charge in [-0.25, -0.2) is 13.1 Å². The van der Waals surface area contributed by atoms with Gasteiger partial charge in [-0.05, 0) is 13.2 Å². The summed E-state index contributed by atoms with van der Waals surface area (Å²) >= 11 is 7.59. The van der Waals surface area contributed by atoms with Crippen molar-refractivity contribution in [3.63, 3.8) is 0 Å². The molecule has 0 amide bonds. The number of thioether (sulfide) groups is 1. The summed E-state index contributed by atoms with van der Waals surface area (Å²) < 4.78 is 25.7. The summed E-state index contributed by atoms with van der Waals surface area (Å²) in [5, 5.41) is 20.5. The first-order valence-corrected chi connectivity index (χ1v) is 9.31. The quantitative estimate of drug-likeness (QED) is 0.565. The van der Waals surface area contributed by atoms with E-state index in [1.54, 1.807) is 6.26 Å². The monoisotopic (exact) mass is 360 g/mol. The number of nitrogens with zero attached hydrogens (tertiary/aromatic N) is 1. The molecule has 7 nitrogen and oxygen atoms in total. The van der Waals surface area contributed by atoms with Crippen molar-refractivity contribution in [2.24, 2.45) is 0 Å². The molecular formula is C9H13ClN2O5S3. The summed E-state index contributed by atoms with van der Waals surface area (Å²) in [6.07, 6.45) is 1.78. The van der Waals surface area contributed by atoms with Gasteiger partial charge in [0.2, 0.25) is 10.0 Å². The lowest BCUT2D eigenvalue weighted by atomic mass is 10.1. The smallest absolute Gasteiger partial charge is 0.300 e. The molecule has 0 bridgehead atoms. The van der Waals surface area contributed by atoms with Crippen LogP contribution in [0.2, 0.25) is 4.34 Å². The lowest BCUT2D eigenvalue weighted by Crippen LogP contribution is -2.42. The second kappa shape index (κ2) is 6.58. The number of aliphatic hydroxyl groups is 1. The standard InChI is InChI=1S/C9H13ClN2O5S3/c1-9(13,5-18-2)4-11-20(16,17)7-3-6(12(14)15)8(10)19-7/h3,11,13H,4-5H2,1-2H3. The lowest BCUT2D eigenvalue weighted by Gasteiger charge is -2.22. The third-order valence-electron chi connectivity index (χ3n) is 2.21. The van der Waals surface area contributed by atoms with E-state index < -0.39 is 26.2 Å². The second-order valence-electron chi connectivity index (χ2n) is 4.24. The first kappa shape index (κ1) is 17.7. The zero-order valence-corrected chi connectivity index (χ0v) is 13.8. The molecule has 20 heavy (non-hydrogen) atoms. The van der Waals surface area contributed by atoms with Crippen LogP contribution in [-0.2, 0) is 10.0 Å². The summed E-state index contributed by atoms with van der Waals surface area (Å²) in [6, 6.07) is 0.901. The molecule has 0 aliphatic carbocycles.